The number of rotatable bonds is 3. The summed E-state index contributed by atoms with van der Waals surface area (Å²) in [7, 11) is 0. The molecule has 0 aromatic carbocycles. The Morgan fingerprint density at radius 3 is 2.50 bits per heavy atom. The first kappa shape index (κ1) is 9.97. The Bertz CT molecular complexity index is 217. The summed E-state index contributed by atoms with van der Waals surface area (Å²) in [6.07, 6.45) is 4.04. The predicted molar refractivity (Wildman–Crippen MR) is 53.6 cm³/mol. The van der Waals surface area contributed by atoms with Crippen molar-refractivity contribution in [2.45, 2.75) is 38.6 Å². The van der Waals surface area contributed by atoms with E-state index in [0.717, 1.165) is 31.6 Å². The Balaban J connectivity index is 1.64. The molecule has 2 N–H and O–H groups in total. The van der Waals surface area contributed by atoms with E-state index >= 15 is 0 Å². The maximum absolute atomic E-state index is 11.6. The molecule has 2 fully saturated rings. The molecule has 3 heteroatoms. The fraction of sp³-hybridized carbons (Fsp3) is 0.909. The normalized spacial score (nSPS) is 41.0. The fourth-order valence-electron chi connectivity index (χ4n) is 2.44. The lowest BCUT2D eigenvalue weighted by Gasteiger charge is -2.38. The van der Waals surface area contributed by atoms with Gasteiger partial charge in [0, 0.05) is 18.6 Å². The first-order valence-corrected chi connectivity index (χ1v) is 5.60. The highest BCUT2D eigenvalue weighted by Crippen LogP contribution is 2.34. The average Bonchev–Trinajstić information content (AvgIpc) is 2.04. The third-order valence-corrected chi connectivity index (χ3v) is 3.58. The smallest absolute Gasteiger partial charge is 0.223 e. The molecular weight excluding hydrogens is 178 g/mol. The summed E-state index contributed by atoms with van der Waals surface area (Å²) in [5, 5.41) is 11.9. The Kier molecular flexibility index (Phi) is 2.77. The van der Waals surface area contributed by atoms with Crippen molar-refractivity contribution >= 4 is 5.91 Å². The van der Waals surface area contributed by atoms with Crippen molar-refractivity contribution in [1.82, 2.24) is 5.32 Å². The van der Waals surface area contributed by atoms with E-state index in [1.807, 2.05) is 0 Å². The van der Waals surface area contributed by atoms with Crippen LogP contribution in [0.25, 0.3) is 0 Å². The summed E-state index contributed by atoms with van der Waals surface area (Å²) in [6.45, 7) is 2.46. The molecule has 2 rings (SSSR count). The van der Waals surface area contributed by atoms with Crippen molar-refractivity contribution < 1.29 is 9.90 Å². The van der Waals surface area contributed by atoms with E-state index in [1.54, 1.807) is 0 Å². The van der Waals surface area contributed by atoms with Crippen molar-refractivity contribution in [2.75, 3.05) is 6.61 Å². The van der Waals surface area contributed by atoms with Crippen LogP contribution >= 0.6 is 0 Å². The molecule has 0 spiro atoms. The maximum atomic E-state index is 11.6. The summed E-state index contributed by atoms with van der Waals surface area (Å²) >= 11 is 0. The topological polar surface area (TPSA) is 49.3 Å². The highest BCUT2D eigenvalue weighted by molar-refractivity contribution is 5.79. The number of carbonyl (C=O) groups is 1. The van der Waals surface area contributed by atoms with Crippen molar-refractivity contribution in [3.63, 3.8) is 0 Å². The Morgan fingerprint density at radius 1 is 1.36 bits per heavy atom. The molecule has 1 amide bonds. The van der Waals surface area contributed by atoms with Gasteiger partial charge in [0.1, 0.15) is 0 Å². The first-order chi connectivity index (χ1) is 6.69. The molecule has 2 saturated carbocycles. The van der Waals surface area contributed by atoms with Crippen LogP contribution in [0.2, 0.25) is 0 Å². The molecule has 0 aromatic heterocycles. The van der Waals surface area contributed by atoms with Gasteiger partial charge in [-0.2, -0.15) is 0 Å². The van der Waals surface area contributed by atoms with Crippen LogP contribution < -0.4 is 5.32 Å². The van der Waals surface area contributed by atoms with Gasteiger partial charge in [0.05, 0.1) is 0 Å². The lowest BCUT2D eigenvalue weighted by atomic mass is 9.74. The molecule has 0 radical (unpaired) electrons. The van der Waals surface area contributed by atoms with E-state index in [4.69, 9.17) is 5.11 Å². The van der Waals surface area contributed by atoms with Gasteiger partial charge in [-0.15, -0.1) is 0 Å². The van der Waals surface area contributed by atoms with Gasteiger partial charge in [0.25, 0.3) is 0 Å². The van der Waals surface area contributed by atoms with Gasteiger partial charge in [-0.1, -0.05) is 6.92 Å². The van der Waals surface area contributed by atoms with Crippen LogP contribution in [0, 0.1) is 17.8 Å². The molecule has 2 aliphatic carbocycles. The molecule has 0 aromatic rings. The van der Waals surface area contributed by atoms with E-state index in [1.165, 1.54) is 0 Å². The quantitative estimate of drug-likeness (QED) is 0.707. The second kappa shape index (κ2) is 3.89. The molecule has 0 unspecified atom stereocenters. The zero-order valence-electron chi connectivity index (χ0n) is 8.70. The molecule has 0 bridgehead atoms. The second-order valence-corrected chi connectivity index (χ2v) is 5.00. The minimum absolute atomic E-state index is 0.240. The molecule has 0 saturated heterocycles. The number of aliphatic hydroxyl groups is 1. The number of nitrogens with one attached hydrogen (secondary N) is 1. The van der Waals surface area contributed by atoms with E-state index in [2.05, 4.69) is 12.2 Å². The van der Waals surface area contributed by atoms with Gasteiger partial charge in [0.15, 0.2) is 0 Å². The van der Waals surface area contributed by atoms with Crippen LogP contribution in [0.1, 0.15) is 32.6 Å². The number of carbonyl (C=O) groups excluding carboxylic acids is 1. The first-order valence-electron chi connectivity index (χ1n) is 5.60. The van der Waals surface area contributed by atoms with E-state index < -0.39 is 0 Å². The summed E-state index contributed by atoms with van der Waals surface area (Å²) in [4.78, 5) is 11.6. The standard InChI is InChI=1S/C11H19NO2/c1-7-2-9(3-7)11(14)12-10-4-8(5-10)6-13/h7-10,13H,2-6H2,1H3,(H,12,14). The summed E-state index contributed by atoms with van der Waals surface area (Å²) in [5.41, 5.74) is 0. The molecule has 14 heavy (non-hydrogen) atoms. The van der Waals surface area contributed by atoms with Gasteiger partial charge in [-0.3, -0.25) is 4.79 Å². The molecule has 3 nitrogen and oxygen atoms in total. The van der Waals surface area contributed by atoms with Crippen LogP contribution in [-0.2, 0) is 4.79 Å². The molecule has 0 aliphatic heterocycles. The Morgan fingerprint density at radius 2 is 2.00 bits per heavy atom. The average molecular weight is 197 g/mol. The minimum Gasteiger partial charge on any atom is -0.396 e. The highest BCUT2D eigenvalue weighted by Gasteiger charge is 2.35. The predicted octanol–water partition coefficient (Wildman–Crippen LogP) is 0.920. The molecule has 0 heterocycles. The van der Waals surface area contributed by atoms with Gasteiger partial charge in [0.2, 0.25) is 5.91 Å². The van der Waals surface area contributed by atoms with Crippen LogP contribution in [0.15, 0.2) is 0 Å². The van der Waals surface area contributed by atoms with Crippen LogP contribution in [0.5, 0.6) is 0 Å². The van der Waals surface area contributed by atoms with E-state index in [0.29, 0.717) is 12.0 Å². The molecular formula is C11H19NO2. The van der Waals surface area contributed by atoms with Gasteiger partial charge < -0.3 is 10.4 Å². The summed E-state index contributed by atoms with van der Waals surface area (Å²) in [5.74, 6) is 1.68. The van der Waals surface area contributed by atoms with Crippen molar-refractivity contribution in [3.8, 4) is 0 Å². The van der Waals surface area contributed by atoms with Gasteiger partial charge >= 0.3 is 0 Å². The molecule has 0 atom stereocenters. The van der Waals surface area contributed by atoms with Crippen molar-refractivity contribution in [3.05, 3.63) is 0 Å². The highest BCUT2D eigenvalue weighted by atomic mass is 16.3. The van der Waals surface area contributed by atoms with Gasteiger partial charge in [-0.25, -0.2) is 0 Å². The Labute approximate surface area is 84.9 Å². The van der Waals surface area contributed by atoms with Crippen molar-refractivity contribution in [1.29, 1.82) is 0 Å². The lowest BCUT2D eigenvalue weighted by molar-refractivity contribution is -0.130. The summed E-state index contributed by atoms with van der Waals surface area (Å²) < 4.78 is 0. The number of hydrogen-bond acceptors (Lipinski definition) is 2. The zero-order chi connectivity index (χ0) is 10.1. The van der Waals surface area contributed by atoms with Crippen molar-refractivity contribution in [2.24, 2.45) is 17.8 Å². The SMILES string of the molecule is CC1CC(C(=O)NC2CC(CO)C2)C1. The molecule has 80 valence electrons. The zero-order valence-corrected chi connectivity index (χ0v) is 8.70. The molecule has 2 aliphatic rings. The lowest BCUT2D eigenvalue weighted by Crippen LogP contribution is -2.49. The van der Waals surface area contributed by atoms with Crippen LogP contribution in [0.3, 0.4) is 0 Å². The van der Waals surface area contributed by atoms with Crippen LogP contribution in [-0.4, -0.2) is 23.7 Å². The second-order valence-electron chi connectivity index (χ2n) is 5.00. The number of amides is 1. The maximum Gasteiger partial charge on any atom is 0.223 e. The fourth-order valence-corrected chi connectivity index (χ4v) is 2.44. The van der Waals surface area contributed by atoms with E-state index in [-0.39, 0.29) is 18.4 Å². The summed E-state index contributed by atoms with van der Waals surface area (Å²) in [6, 6.07) is 0.343. The van der Waals surface area contributed by atoms with E-state index in [9.17, 15) is 4.79 Å². The largest absolute Gasteiger partial charge is 0.396 e. The third-order valence-electron chi connectivity index (χ3n) is 3.58. The minimum atomic E-state index is 0.240. The van der Waals surface area contributed by atoms with Gasteiger partial charge in [-0.05, 0) is 37.5 Å². The third kappa shape index (κ3) is 1.92. The Hall–Kier alpha value is -0.570. The number of hydrogen-bond donors (Lipinski definition) is 2. The monoisotopic (exact) mass is 197 g/mol. The van der Waals surface area contributed by atoms with Crippen LogP contribution in [0.4, 0.5) is 0 Å². The number of aliphatic hydroxyl groups excluding tert-OH is 1.